The average molecular weight is 279 g/mol. The van der Waals surface area contributed by atoms with Crippen molar-refractivity contribution in [1.82, 2.24) is 0 Å². The highest BCUT2D eigenvalue weighted by Crippen LogP contribution is 2.24. The van der Waals surface area contributed by atoms with Crippen molar-refractivity contribution in [3.05, 3.63) is 0 Å². The number of aliphatic hydroxyl groups is 4. The molecule has 2 saturated heterocycles. The minimum Gasteiger partial charge on any atom is -0.388 e. The van der Waals surface area contributed by atoms with Crippen molar-refractivity contribution in [2.24, 2.45) is 5.73 Å². The van der Waals surface area contributed by atoms with Crippen LogP contribution in [0.15, 0.2) is 0 Å². The van der Waals surface area contributed by atoms with Crippen molar-refractivity contribution in [3.8, 4) is 0 Å². The van der Waals surface area contributed by atoms with Crippen LogP contribution in [0.5, 0.6) is 0 Å². The molecule has 0 aromatic rings. The zero-order valence-electron chi connectivity index (χ0n) is 10.6. The zero-order chi connectivity index (χ0) is 14.2. The fraction of sp³-hybridized carbons (Fsp3) is 1.00. The van der Waals surface area contributed by atoms with Gasteiger partial charge in [0.25, 0.3) is 0 Å². The maximum atomic E-state index is 9.75. The maximum Gasteiger partial charge on any atom is 0.181 e. The van der Waals surface area contributed by atoms with E-state index in [9.17, 15) is 20.4 Å². The summed E-state index contributed by atoms with van der Waals surface area (Å²) in [6, 6.07) is -0.893. The molecule has 2 heterocycles. The Morgan fingerprint density at radius 1 is 1.16 bits per heavy atom. The second kappa shape index (κ2) is 5.98. The molecule has 8 heteroatoms. The predicted molar refractivity (Wildman–Crippen MR) is 61.8 cm³/mol. The van der Waals surface area contributed by atoms with E-state index in [-0.39, 0.29) is 13.0 Å². The van der Waals surface area contributed by atoms with E-state index in [0.29, 0.717) is 0 Å². The normalized spacial score (nSPS) is 52.1. The largest absolute Gasteiger partial charge is 0.388 e. The Labute approximate surface area is 110 Å². The van der Waals surface area contributed by atoms with Crippen LogP contribution in [0.25, 0.3) is 0 Å². The van der Waals surface area contributed by atoms with Gasteiger partial charge in [-0.2, -0.15) is 0 Å². The number of aliphatic hydroxyl groups excluding tert-OH is 4. The molecule has 0 aromatic carbocycles. The highest BCUT2D eigenvalue weighted by atomic mass is 16.7. The second-order valence-corrected chi connectivity index (χ2v) is 5.05. The van der Waals surface area contributed by atoms with Gasteiger partial charge in [0.2, 0.25) is 0 Å². The van der Waals surface area contributed by atoms with E-state index < -0.39 is 49.1 Å². The van der Waals surface area contributed by atoms with Gasteiger partial charge < -0.3 is 40.4 Å². The van der Waals surface area contributed by atoms with Gasteiger partial charge in [0.1, 0.15) is 18.3 Å². The molecular formula is C11H21NO7. The maximum absolute atomic E-state index is 9.75. The summed E-state index contributed by atoms with van der Waals surface area (Å²) in [5.41, 5.74) is 5.74. The Hall–Kier alpha value is -0.320. The average Bonchev–Trinajstić information content (AvgIpc) is 2.38. The summed E-state index contributed by atoms with van der Waals surface area (Å²) in [5.74, 6) is 0. The lowest BCUT2D eigenvalue weighted by atomic mass is 9.98. The van der Waals surface area contributed by atoms with Gasteiger partial charge >= 0.3 is 0 Å². The fourth-order valence-corrected chi connectivity index (χ4v) is 2.23. The molecular weight excluding hydrogens is 258 g/mol. The van der Waals surface area contributed by atoms with E-state index in [1.807, 2.05) is 0 Å². The zero-order valence-corrected chi connectivity index (χ0v) is 10.6. The van der Waals surface area contributed by atoms with E-state index in [1.165, 1.54) is 0 Å². The first-order valence-electron chi connectivity index (χ1n) is 6.30. The van der Waals surface area contributed by atoms with Crippen molar-refractivity contribution in [3.63, 3.8) is 0 Å². The van der Waals surface area contributed by atoms with Gasteiger partial charge in [-0.05, 0) is 6.92 Å². The third-order valence-electron chi connectivity index (χ3n) is 3.50. The number of hydrogen-bond donors (Lipinski definition) is 5. The molecule has 0 aliphatic carbocycles. The van der Waals surface area contributed by atoms with Crippen molar-refractivity contribution in [2.75, 3.05) is 6.61 Å². The predicted octanol–water partition coefficient (Wildman–Crippen LogP) is -2.73. The summed E-state index contributed by atoms with van der Waals surface area (Å²) in [4.78, 5) is 0. The minimum atomic E-state index is -1.22. The molecule has 0 spiro atoms. The molecule has 0 saturated carbocycles. The van der Waals surface area contributed by atoms with Gasteiger partial charge in [-0.25, -0.2) is 0 Å². The second-order valence-electron chi connectivity index (χ2n) is 5.05. The van der Waals surface area contributed by atoms with Gasteiger partial charge in [0.15, 0.2) is 12.6 Å². The Bertz CT molecular complexity index is 305. The van der Waals surface area contributed by atoms with Crippen molar-refractivity contribution >= 4 is 0 Å². The van der Waals surface area contributed by atoms with Crippen LogP contribution >= 0.6 is 0 Å². The monoisotopic (exact) mass is 279 g/mol. The first-order chi connectivity index (χ1) is 8.90. The molecule has 2 rings (SSSR count). The molecule has 2 aliphatic rings. The van der Waals surface area contributed by atoms with Crippen LogP contribution < -0.4 is 5.73 Å². The summed E-state index contributed by atoms with van der Waals surface area (Å²) in [7, 11) is 0. The highest BCUT2D eigenvalue weighted by Gasteiger charge is 2.43. The van der Waals surface area contributed by atoms with Gasteiger partial charge in [0, 0.05) is 6.42 Å². The standard InChI is InChI=1S/C11H21NO7/c1-4-8(14)9(15)7(12)11(18-4)19-5-2-6(13)10(16)17-3-5/h4-11,13-16H,2-3,12H2,1H3/t4?,5-,6?,7?,8+,9+,10+,11+/m0/s1. The topological polar surface area (TPSA) is 135 Å². The van der Waals surface area contributed by atoms with E-state index in [2.05, 4.69) is 0 Å². The fourth-order valence-electron chi connectivity index (χ4n) is 2.23. The first kappa shape index (κ1) is 15.1. The molecule has 0 bridgehead atoms. The SMILES string of the molecule is CC1O[C@H](O[C@@H]2CO[C@@H](O)C(O)C2)C(N)[C@@H](O)[C@@H]1O. The number of ether oxygens (including phenoxy) is 3. The number of nitrogens with two attached hydrogens (primary N) is 1. The van der Waals surface area contributed by atoms with E-state index in [4.69, 9.17) is 19.9 Å². The van der Waals surface area contributed by atoms with Crippen LogP contribution in [0, 0.1) is 0 Å². The third-order valence-corrected chi connectivity index (χ3v) is 3.50. The third kappa shape index (κ3) is 3.23. The molecule has 19 heavy (non-hydrogen) atoms. The lowest BCUT2D eigenvalue weighted by Crippen LogP contribution is -2.62. The summed E-state index contributed by atoms with van der Waals surface area (Å²) in [5, 5.41) is 38.1. The number of hydrogen-bond acceptors (Lipinski definition) is 8. The molecule has 3 unspecified atom stereocenters. The van der Waals surface area contributed by atoms with E-state index in [1.54, 1.807) is 6.92 Å². The molecule has 2 aliphatic heterocycles. The molecule has 0 amide bonds. The smallest absolute Gasteiger partial charge is 0.181 e. The summed E-state index contributed by atoms with van der Waals surface area (Å²) < 4.78 is 15.9. The summed E-state index contributed by atoms with van der Waals surface area (Å²) in [6.07, 6.45) is -6.29. The van der Waals surface area contributed by atoms with Gasteiger partial charge in [0.05, 0.1) is 24.9 Å². The van der Waals surface area contributed by atoms with Crippen molar-refractivity contribution in [2.45, 2.75) is 62.5 Å². The minimum absolute atomic E-state index is 0.0951. The number of rotatable bonds is 2. The molecule has 8 nitrogen and oxygen atoms in total. The summed E-state index contributed by atoms with van der Waals surface area (Å²) in [6.45, 7) is 1.70. The molecule has 0 radical (unpaired) electrons. The van der Waals surface area contributed by atoms with Crippen molar-refractivity contribution in [1.29, 1.82) is 0 Å². The van der Waals surface area contributed by atoms with Gasteiger partial charge in [-0.3, -0.25) is 0 Å². The van der Waals surface area contributed by atoms with Crippen LogP contribution in [0.4, 0.5) is 0 Å². The van der Waals surface area contributed by atoms with E-state index >= 15 is 0 Å². The van der Waals surface area contributed by atoms with Gasteiger partial charge in [-0.15, -0.1) is 0 Å². The molecule has 112 valence electrons. The van der Waals surface area contributed by atoms with Crippen LogP contribution in [-0.2, 0) is 14.2 Å². The van der Waals surface area contributed by atoms with Crippen LogP contribution in [0.1, 0.15) is 13.3 Å². The lowest BCUT2D eigenvalue weighted by molar-refractivity contribution is -0.294. The Morgan fingerprint density at radius 3 is 2.47 bits per heavy atom. The Kier molecular flexibility index (Phi) is 4.75. The quantitative estimate of drug-likeness (QED) is 0.367. The Balaban J connectivity index is 1.91. The molecule has 2 fully saturated rings. The molecule has 0 aromatic heterocycles. The van der Waals surface area contributed by atoms with E-state index in [0.717, 1.165) is 0 Å². The first-order valence-corrected chi connectivity index (χ1v) is 6.30. The Morgan fingerprint density at radius 2 is 1.84 bits per heavy atom. The van der Waals surface area contributed by atoms with Crippen LogP contribution in [0.3, 0.4) is 0 Å². The molecule has 6 N–H and O–H groups in total. The lowest BCUT2D eigenvalue weighted by Gasteiger charge is -2.42. The molecule has 8 atom stereocenters. The van der Waals surface area contributed by atoms with Crippen LogP contribution in [-0.4, -0.2) is 76.2 Å². The van der Waals surface area contributed by atoms with Crippen molar-refractivity contribution < 1.29 is 34.6 Å². The van der Waals surface area contributed by atoms with Crippen LogP contribution in [0.2, 0.25) is 0 Å². The highest BCUT2D eigenvalue weighted by molar-refractivity contribution is 4.90. The van der Waals surface area contributed by atoms with Gasteiger partial charge in [-0.1, -0.05) is 0 Å². The summed E-state index contributed by atoms with van der Waals surface area (Å²) >= 11 is 0.